The molecule has 2 fully saturated rings. The maximum atomic E-state index is 3.56. The molecule has 1 aromatic carbocycles. The summed E-state index contributed by atoms with van der Waals surface area (Å²) in [6, 6.07) is 10.1. The SMILES string of the molecule is CCC1C2CNCC2CN1C(C)c1ccc(Br)cc1. The van der Waals surface area contributed by atoms with Gasteiger partial charge in [0.15, 0.2) is 0 Å². The lowest BCUT2D eigenvalue weighted by molar-refractivity contribution is 0.165. The van der Waals surface area contributed by atoms with Gasteiger partial charge in [-0.1, -0.05) is 35.0 Å². The van der Waals surface area contributed by atoms with E-state index in [1.807, 2.05) is 0 Å². The summed E-state index contributed by atoms with van der Waals surface area (Å²) in [4.78, 5) is 2.74. The molecule has 3 rings (SSSR count). The molecule has 0 radical (unpaired) electrons. The molecule has 104 valence electrons. The number of hydrogen-bond donors (Lipinski definition) is 1. The van der Waals surface area contributed by atoms with Gasteiger partial charge in [0, 0.05) is 23.1 Å². The van der Waals surface area contributed by atoms with E-state index < -0.39 is 0 Å². The van der Waals surface area contributed by atoms with Gasteiger partial charge in [-0.15, -0.1) is 0 Å². The fraction of sp³-hybridized carbons (Fsp3) is 0.625. The van der Waals surface area contributed by atoms with E-state index in [-0.39, 0.29) is 0 Å². The lowest BCUT2D eigenvalue weighted by atomic mass is 9.92. The van der Waals surface area contributed by atoms with Crippen LogP contribution in [-0.4, -0.2) is 30.6 Å². The number of rotatable bonds is 3. The first-order valence-electron chi connectivity index (χ1n) is 7.42. The quantitative estimate of drug-likeness (QED) is 0.917. The van der Waals surface area contributed by atoms with Gasteiger partial charge in [0.05, 0.1) is 0 Å². The molecule has 0 saturated carbocycles. The molecule has 0 spiro atoms. The molecule has 4 atom stereocenters. The summed E-state index contributed by atoms with van der Waals surface area (Å²) in [6.45, 7) is 8.39. The summed E-state index contributed by atoms with van der Waals surface area (Å²) >= 11 is 3.52. The maximum absolute atomic E-state index is 3.56. The molecule has 1 N–H and O–H groups in total. The van der Waals surface area contributed by atoms with Gasteiger partial charge in [-0.3, -0.25) is 4.90 Å². The van der Waals surface area contributed by atoms with Gasteiger partial charge in [0.25, 0.3) is 0 Å². The van der Waals surface area contributed by atoms with E-state index in [4.69, 9.17) is 0 Å². The Labute approximate surface area is 124 Å². The molecule has 2 aliphatic rings. The van der Waals surface area contributed by atoms with Crippen molar-refractivity contribution < 1.29 is 0 Å². The Kier molecular flexibility index (Phi) is 3.97. The Hall–Kier alpha value is -0.380. The lowest BCUT2D eigenvalue weighted by Crippen LogP contribution is -2.36. The van der Waals surface area contributed by atoms with Gasteiger partial charge in [-0.05, 0) is 56.0 Å². The molecule has 2 heterocycles. The Morgan fingerprint density at radius 3 is 2.74 bits per heavy atom. The van der Waals surface area contributed by atoms with E-state index in [1.165, 1.54) is 31.6 Å². The Morgan fingerprint density at radius 1 is 1.32 bits per heavy atom. The molecular formula is C16H23BrN2. The summed E-state index contributed by atoms with van der Waals surface area (Å²) in [6.07, 6.45) is 1.27. The van der Waals surface area contributed by atoms with E-state index in [0.717, 1.165) is 22.4 Å². The normalized spacial score (nSPS) is 32.5. The van der Waals surface area contributed by atoms with Crippen LogP contribution in [0.3, 0.4) is 0 Å². The van der Waals surface area contributed by atoms with Gasteiger partial charge < -0.3 is 5.32 Å². The zero-order chi connectivity index (χ0) is 13.4. The van der Waals surface area contributed by atoms with Crippen molar-refractivity contribution in [3.8, 4) is 0 Å². The Bertz CT molecular complexity index is 431. The average Bonchev–Trinajstić information content (AvgIpc) is 2.98. The molecule has 0 aliphatic carbocycles. The Morgan fingerprint density at radius 2 is 2.05 bits per heavy atom. The second-order valence-electron chi connectivity index (χ2n) is 5.98. The van der Waals surface area contributed by atoms with Crippen molar-refractivity contribution in [2.75, 3.05) is 19.6 Å². The van der Waals surface area contributed by atoms with Crippen LogP contribution in [0.4, 0.5) is 0 Å². The van der Waals surface area contributed by atoms with Crippen molar-refractivity contribution in [3.63, 3.8) is 0 Å². The summed E-state index contributed by atoms with van der Waals surface area (Å²) in [7, 11) is 0. The first kappa shape index (κ1) is 13.6. The summed E-state index contributed by atoms with van der Waals surface area (Å²) in [5, 5.41) is 3.56. The molecular weight excluding hydrogens is 300 g/mol. The third kappa shape index (κ3) is 2.48. The van der Waals surface area contributed by atoms with Crippen molar-refractivity contribution >= 4 is 15.9 Å². The highest BCUT2D eigenvalue weighted by atomic mass is 79.9. The van der Waals surface area contributed by atoms with Gasteiger partial charge in [-0.25, -0.2) is 0 Å². The van der Waals surface area contributed by atoms with Crippen LogP contribution >= 0.6 is 15.9 Å². The molecule has 1 aromatic rings. The largest absolute Gasteiger partial charge is 0.316 e. The first-order valence-corrected chi connectivity index (χ1v) is 8.22. The minimum Gasteiger partial charge on any atom is -0.316 e. The van der Waals surface area contributed by atoms with E-state index in [1.54, 1.807) is 0 Å². The highest BCUT2D eigenvalue weighted by Gasteiger charge is 2.44. The van der Waals surface area contributed by atoms with Crippen LogP contribution in [0.15, 0.2) is 28.7 Å². The molecule has 0 bridgehead atoms. The van der Waals surface area contributed by atoms with Crippen molar-refractivity contribution in [2.45, 2.75) is 32.4 Å². The van der Waals surface area contributed by atoms with Crippen LogP contribution < -0.4 is 5.32 Å². The average molecular weight is 323 g/mol. The van der Waals surface area contributed by atoms with Gasteiger partial charge in [0.2, 0.25) is 0 Å². The van der Waals surface area contributed by atoms with Crippen LogP contribution in [0, 0.1) is 11.8 Å². The zero-order valence-electron chi connectivity index (χ0n) is 11.8. The molecule has 4 unspecified atom stereocenters. The second-order valence-corrected chi connectivity index (χ2v) is 6.90. The fourth-order valence-electron chi connectivity index (χ4n) is 3.97. The summed E-state index contributed by atoms with van der Waals surface area (Å²) in [5.74, 6) is 1.73. The third-order valence-corrected chi connectivity index (χ3v) is 5.55. The van der Waals surface area contributed by atoms with E-state index in [9.17, 15) is 0 Å². The summed E-state index contributed by atoms with van der Waals surface area (Å²) in [5.41, 5.74) is 1.44. The van der Waals surface area contributed by atoms with E-state index in [0.29, 0.717) is 6.04 Å². The molecule has 2 saturated heterocycles. The number of likely N-dealkylation sites (tertiary alicyclic amines) is 1. The number of halogens is 1. The number of benzene rings is 1. The fourth-order valence-corrected chi connectivity index (χ4v) is 4.24. The van der Waals surface area contributed by atoms with Gasteiger partial charge in [-0.2, -0.15) is 0 Å². The van der Waals surface area contributed by atoms with E-state index >= 15 is 0 Å². The molecule has 2 nitrogen and oxygen atoms in total. The lowest BCUT2D eigenvalue weighted by Gasteiger charge is -2.32. The Balaban J connectivity index is 1.79. The van der Waals surface area contributed by atoms with Gasteiger partial charge in [0.1, 0.15) is 0 Å². The molecule has 0 aromatic heterocycles. The number of nitrogens with one attached hydrogen (secondary N) is 1. The third-order valence-electron chi connectivity index (χ3n) is 5.03. The highest BCUT2D eigenvalue weighted by Crippen LogP contribution is 2.39. The topological polar surface area (TPSA) is 15.3 Å². The molecule has 19 heavy (non-hydrogen) atoms. The van der Waals surface area contributed by atoms with E-state index in [2.05, 4.69) is 64.3 Å². The highest BCUT2D eigenvalue weighted by molar-refractivity contribution is 9.10. The number of hydrogen-bond acceptors (Lipinski definition) is 2. The predicted molar refractivity (Wildman–Crippen MR) is 83.2 cm³/mol. The van der Waals surface area contributed by atoms with Crippen molar-refractivity contribution in [3.05, 3.63) is 34.3 Å². The molecule has 3 heteroatoms. The van der Waals surface area contributed by atoms with Crippen molar-refractivity contribution in [2.24, 2.45) is 11.8 Å². The smallest absolute Gasteiger partial charge is 0.0323 e. The monoisotopic (exact) mass is 322 g/mol. The van der Waals surface area contributed by atoms with Gasteiger partial charge >= 0.3 is 0 Å². The van der Waals surface area contributed by atoms with Crippen LogP contribution in [0.1, 0.15) is 31.9 Å². The van der Waals surface area contributed by atoms with Crippen LogP contribution in [0.25, 0.3) is 0 Å². The maximum Gasteiger partial charge on any atom is 0.0323 e. The standard InChI is InChI=1S/C16H23BrN2/c1-3-16-15-9-18-8-13(15)10-19(16)11(2)12-4-6-14(17)7-5-12/h4-7,11,13,15-16,18H,3,8-10H2,1-2H3. The zero-order valence-corrected chi connectivity index (χ0v) is 13.4. The number of fused-ring (bicyclic) bond motifs is 1. The van der Waals surface area contributed by atoms with Crippen LogP contribution in [0.5, 0.6) is 0 Å². The molecule has 2 aliphatic heterocycles. The number of nitrogens with zero attached hydrogens (tertiary/aromatic N) is 1. The molecule has 0 amide bonds. The minimum atomic E-state index is 0.531. The predicted octanol–water partition coefficient (Wildman–Crippen LogP) is 3.44. The van der Waals surface area contributed by atoms with Crippen LogP contribution in [-0.2, 0) is 0 Å². The second kappa shape index (κ2) is 5.55. The summed E-state index contributed by atoms with van der Waals surface area (Å²) < 4.78 is 1.16. The van der Waals surface area contributed by atoms with Crippen LogP contribution in [0.2, 0.25) is 0 Å². The van der Waals surface area contributed by atoms with Crippen molar-refractivity contribution in [1.82, 2.24) is 10.2 Å². The minimum absolute atomic E-state index is 0.531. The first-order chi connectivity index (χ1) is 9.20. The van der Waals surface area contributed by atoms with Crippen molar-refractivity contribution in [1.29, 1.82) is 0 Å².